The topological polar surface area (TPSA) is 111 Å². The molecule has 3 rings (SSSR count). The molecule has 35 heavy (non-hydrogen) atoms. The molecule has 0 radical (unpaired) electrons. The Morgan fingerprint density at radius 2 is 2.03 bits per heavy atom. The quantitative estimate of drug-likeness (QED) is 0.463. The normalized spacial score (nSPS) is 21.2. The number of morpholine rings is 1. The fourth-order valence-corrected chi connectivity index (χ4v) is 5.30. The Hall–Kier alpha value is -1.65. The fourth-order valence-electron chi connectivity index (χ4n) is 4.63. The zero-order valence-corrected chi connectivity index (χ0v) is 22.4. The van der Waals surface area contributed by atoms with E-state index in [-0.39, 0.29) is 36.8 Å². The molecule has 2 saturated heterocycles. The molecule has 0 bridgehead atoms. The van der Waals surface area contributed by atoms with E-state index in [1.54, 1.807) is 17.0 Å². The monoisotopic (exact) mass is 545 g/mol. The summed E-state index contributed by atoms with van der Waals surface area (Å²) in [5.41, 5.74) is 0.878. The second-order valence-electron chi connectivity index (χ2n) is 9.54. The summed E-state index contributed by atoms with van der Waals surface area (Å²) >= 11 is 12.7. The third-order valence-corrected chi connectivity index (χ3v) is 8.64. The molecular formula is C24H33Cl2N3O5S. The molecule has 8 nitrogen and oxygen atoms in total. The highest BCUT2D eigenvalue weighted by Gasteiger charge is 2.38. The zero-order chi connectivity index (χ0) is 25.8. The molecule has 1 aromatic rings. The fraction of sp³-hybridized carbons (Fsp3) is 0.583. The van der Waals surface area contributed by atoms with Gasteiger partial charge in [0.1, 0.15) is 19.0 Å². The summed E-state index contributed by atoms with van der Waals surface area (Å²) in [7, 11) is -1.55. The Morgan fingerprint density at radius 3 is 2.60 bits per heavy atom. The Labute approximate surface area is 219 Å². The summed E-state index contributed by atoms with van der Waals surface area (Å²) in [4.78, 5) is 26.0. The molecule has 3 N–H and O–H groups in total. The lowest BCUT2D eigenvalue weighted by molar-refractivity contribution is -0.151. The van der Waals surface area contributed by atoms with Crippen LogP contribution in [0.25, 0.3) is 0 Å². The standard InChI is InChI=1S/C24H33Cl2N3O5S/c1-4-9-33-20-11-19(26)18(25)10-16(20)17(12-24(2,3)35(27)32)15-5-7-29(8-6-15)23(31)21-13-28-22(30)14-34-21/h4,10-11,15,17,21H,1,5-9,12-14,27H2,2-3H3,(H,28,30)/t17-,21+,35?/m1/s1. The van der Waals surface area contributed by atoms with Crippen LogP contribution in [0.4, 0.5) is 0 Å². The molecule has 194 valence electrons. The first-order valence-electron chi connectivity index (χ1n) is 11.6. The molecule has 2 heterocycles. The summed E-state index contributed by atoms with van der Waals surface area (Å²) in [6.45, 7) is 8.95. The molecule has 0 aromatic heterocycles. The van der Waals surface area contributed by atoms with Gasteiger partial charge in [-0.2, -0.15) is 0 Å². The Bertz CT molecular complexity index is 972. The van der Waals surface area contributed by atoms with E-state index in [1.807, 2.05) is 19.9 Å². The molecule has 3 atom stereocenters. The van der Waals surface area contributed by atoms with Crippen molar-refractivity contribution in [3.8, 4) is 5.75 Å². The van der Waals surface area contributed by atoms with Crippen molar-refractivity contribution in [1.29, 1.82) is 0 Å². The summed E-state index contributed by atoms with van der Waals surface area (Å²) in [5, 5.41) is 9.30. The van der Waals surface area contributed by atoms with Crippen LogP contribution in [-0.2, 0) is 25.3 Å². The number of nitrogens with two attached hydrogens (primary N) is 1. The number of likely N-dealkylation sites (tertiary alicyclic amines) is 1. The van der Waals surface area contributed by atoms with Crippen LogP contribution in [0.2, 0.25) is 10.0 Å². The highest BCUT2D eigenvalue weighted by atomic mass is 35.5. The minimum absolute atomic E-state index is 0.0745. The van der Waals surface area contributed by atoms with Gasteiger partial charge < -0.3 is 19.7 Å². The number of halogens is 2. The summed E-state index contributed by atoms with van der Waals surface area (Å²) in [6.07, 6.45) is 2.98. The first-order valence-corrected chi connectivity index (χ1v) is 13.6. The van der Waals surface area contributed by atoms with Crippen molar-refractivity contribution in [2.75, 3.05) is 32.8 Å². The maximum Gasteiger partial charge on any atom is 0.253 e. The van der Waals surface area contributed by atoms with Gasteiger partial charge >= 0.3 is 0 Å². The molecule has 2 fully saturated rings. The van der Waals surface area contributed by atoms with Crippen LogP contribution >= 0.6 is 23.2 Å². The predicted octanol–water partition coefficient (Wildman–Crippen LogP) is 3.19. The second-order valence-corrected chi connectivity index (χ2v) is 12.1. The van der Waals surface area contributed by atoms with Crippen LogP contribution in [0.15, 0.2) is 24.8 Å². The van der Waals surface area contributed by atoms with Crippen LogP contribution in [0.5, 0.6) is 5.75 Å². The van der Waals surface area contributed by atoms with E-state index in [2.05, 4.69) is 11.9 Å². The van der Waals surface area contributed by atoms with Gasteiger partial charge in [0.05, 0.1) is 32.3 Å². The number of hydrogen-bond acceptors (Lipinski definition) is 5. The lowest BCUT2D eigenvalue weighted by Crippen LogP contribution is -2.53. The average molecular weight is 547 g/mol. The van der Waals surface area contributed by atoms with Gasteiger partial charge in [-0.15, -0.1) is 0 Å². The average Bonchev–Trinajstić information content (AvgIpc) is 2.83. The number of carbonyl (C=O) groups is 2. The number of carbonyl (C=O) groups excluding carboxylic acids is 2. The first-order chi connectivity index (χ1) is 16.5. The molecule has 2 amide bonds. The largest absolute Gasteiger partial charge is 0.489 e. The van der Waals surface area contributed by atoms with Crippen molar-refractivity contribution in [3.05, 3.63) is 40.4 Å². The third kappa shape index (κ3) is 6.98. The summed E-state index contributed by atoms with van der Waals surface area (Å²) in [5.74, 6) is 0.360. The van der Waals surface area contributed by atoms with Gasteiger partial charge in [-0.1, -0.05) is 35.9 Å². The van der Waals surface area contributed by atoms with Gasteiger partial charge in [-0.3, -0.25) is 14.7 Å². The Morgan fingerprint density at radius 1 is 1.37 bits per heavy atom. The highest BCUT2D eigenvalue weighted by molar-refractivity contribution is 7.84. The third-order valence-electron chi connectivity index (χ3n) is 6.66. The smallest absolute Gasteiger partial charge is 0.253 e. The van der Waals surface area contributed by atoms with Gasteiger partial charge in [0.15, 0.2) is 6.10 Å². The van der Waals surface area contributed by atoms with Crippen molar-refractivity contribution < 1.29 is 23.3 Å². The predicted molar refractivity (Wildman–Crippen MR) is 138 cm³/mol. The number of hydrogen-bond donors (Lipinski definition) is 2. The number of rotatable bonds is 9. The van der Waals surface area contributed by atoms with Gasteiger partial charge in [-0.05, 0) is 56.6 Å². The van der Waals surface area contributed by atoms with Crippen LogP contribution in [-0.4, -0.2) is 64.6 Å². The Balaban J connectivity index is 1.83. The molecule has 11 heteroatoms. The Kier molecular flexibility index (Phi) is 9.62. The summed E-state index contributed by atoms with van der Waals surface area (Å²) in [6, 6.07) is 3.52. The van der Waals surface area contributed by atoms with Gasteiger partial charge in [0.25, 0.3) is 5.91 Å². The van der Waals surface area contributed by atoms with E-state index in [1.165, 1.54) is 0 Å². The number of amides is 2. The lowest BCUT2D eigenvalue weighted by Gasteiger charge is -2.40. The maximum absolute atomic E-state index is 12.9. The van der Waals surface area contributed by atoms with E-state index >= 15 is 0 Å². The van der Waals surface area contributed by atoms with E-state index in [0.717, 1.165) is 18.4 Å². The van der Waals surface area contributed by atoms with Crippen molar-refractivity contribution in [3.63, 3.8) is 0 Å². The highest BCUT2D eigenvalue weighted by Crippen LogP contribution is 2.45. The van der Waals surface area contributed by atoms with Crippen LogP contribution in [0, 0.1) is 5.92 Å². The molecule has 2 aliphatic rings. The molecule has 0 saturated carbocycles. The van der Waals surface area contributed by atoms with Crippen molar-refractivity contribution in [1.82, 2.24) is 10.2 Å². The van der Waals surface area contributed by atoms with E-state index in [4.69, 9.17) is 37.8 Å². The minimum atomic E-state index is -1.55. The molecule has 1 aromatic carbocycles. The van der Waals surface area contributed by atoms with Crippen molar-refractivity contribution in [2.24, 2.45) is 11.1 Å². The molecule has 1 unspecified atom stereocenters. The number of piperidine rings is 1. The van der Waals surface area contributed by atoms with Crippen molar-refractivity contribution >= 4 is 46.0 Å². The van der Waals surface area contributed by atoms with E-state index < -0.39 is 21.8 Å². The van der Waals surface area contributed by atoms with Crippen molar-refractivity contribution in [2.45, 2.75) is 49.9 Å². The van der Waals surface area contributed by atoms with Gasteiger partial charge in [-0.25, -0.2) is 4.21 Å². The number of nitrogens with zero attached hydrogens (tertiary/aromatic N) is 1. The minimum Gasteiger partial charge on any atom is -0.489 e. The van der Waals surface area contributed by atoms with Crippen LogP contribution in [0.3, 0.4) is 0 Å². The van der Waals surface area contributed by atoms with Crippen LogP contribution < -0.4 is 15.2 Å². The molecular weight excluding hydrogens is 513 g/mol. The molecule has 2 aliphatic heterocycles. The lowest BCUT2D eigenvalue weighted by atomic mass is 9.75. The zero-order valence-electron chi connectivity index (χ0n) is 20.1. The SMILES string of the molecule is C=CCOc1cc(Cl)c(Cl)cc1[C@H](CC(C)(C)S(N)=O)C1CCN(C(=O)[C@@H]2CNC(=O)CO2)CC1. The van der Waals surface area contributed by atoms with E-state index in [9.17, 15) is 13.8 Å². The van der Waals surface area contributed by atoms with Crippen LogP contribution in [0.1, 0.15) is 44.6 Å². The second kappa shape index (κ2) is 12.1. The maximum atomic E-state index is 12.9. The number of benzene rings is 1. The number of ether oxygens (including phenoxy) is 2. The van der Waals surface area contributed by atoms with E-state index in [0.29, 0.717) is 41.9 Å². The first kappa shape index (κ1) is 27.9. The summed E-state index contributed by atoms with van der Waals surface area (Å²) < 4.78 is 23.0. The van der Waals surface area contributed by atoms with Gasteiger partial charge in [0.2, 0.25) is 5.91 Å². The molecule has 0 aliphatic carbocycles. The number of nitrogens with one attached hydrogen (secondary N) is 1. The van der Waals surface area contributed by atoms with Gasteiger partial charge in [0, 0.05) is 19.2 Å². The molecule has 0 spiro atoms.